The van der Waals surface area contributed by atoms with Crippen LogP contribution in [0.15, 0.2) is 29.0 Å². The molecule has 1 aromatic carbocycles. The lowest BCUT2D eigenvalue weighted by atomic mass is 10.1. The second-order valence-corrected chi connectivity index (χ2v) is 5.89. The van der Waals surface area contributed by atoms with Gasteiger partial charge in [0.25, 0.3) is 0 Å². The Morgan fingerprint density at radius 3 is 3.05 bits per heavy atom. The Morgan fingerprint density at radius 1 is 1.37 bits per heavy atom. The molecule has 0 aliphatic carbocycles. The number of hydrogen-bond donors (Lipinski definition) is 1. The SMILES string of the molecule is Cc1cc(Br)cc(CN2CCn3ccnc3C2)c1O. The quantitative estimate of drug-likeness (QED) is 0.924. The van der Waals surface area contributed by atoms with E-state index < -0.39 is 0 Å². The van der Waals surface area contributed by atoms with Crippen LogP contribution < -0.4 is 0 Å². The molecular formula is C14H16BrN3O. The molecule has 0 spiro atoms. The van der Waals surface area contributed by atoms with Crippen LogP contribution in [0.4, 0.5) is 0 Å². The molecule has 5 heteroatoms. The van der Waals surface area contributed by atoms with E-state index >= 15 is 0 Å². The lowest BCUT2D eigenvalue weighted by molar-refractivity contribution is 0.206. The molecule has 2 aromatic rings. The smallest absolute Gasteiger partial charge is 0.123 e. The van der Waals surface area contributed by atoms with E-state index in [-0.39, 0.29) is 0 Å². The van der Waals surface area contributed by atoms with E-state index in [1.807, 2.05) is 31.5 Å². The van der Waals surface area contributed by atoms with Gasteiger partial charge in [0.2, 0.25) is 0 Å². The van der Waals surface area contributed by atoms with Crippen molar-refractivity contribution in [1.82, 2.24) is 14.5 Å². The van der Waals surface area contributed by atoms with Gasteiger partial charge in [0.15, 0.2) is 0 Å². The minimum atomic E-state index is 0.400. The van der Waals surface area contributed by atoms with E-state index in [0.29, 0.717) is 5.75 Å². The Morgan fingerprint density at radius 2 is 2.21 bits per heavy atom. The van der Waals surface area contributed by atoms with E-state index in [4.69, 9.17) is 0 Å². The van der Waals surface area contributed by atoms with Crippen LogP contribution in [0.1, 0.15) is 17.0 Å². The molecule has 100 valence electrons. The first-order chi connectivity index (χ1) is 9.13. The highest BCUT2D eigenvalue weighted by Crippen LogP contribution is 2.28. The Balaban J connectivity index is 1.80. The third-order valence-electron chi connectivity index (χ3n) is 3.56. The molecule has 19 heavy (non-hydrogen) atoms. The van der Waals surface area contributed by atoms with Crippen LogP contribution in [0.3, 0.4) is 0 Å². The maximum atomic E-state index is 10.1. The van der Waals surface area contributed by atoms with Crippen molar-refractivity contribution >= 4 is 15.9 Å². The second-order valence-electron chi connectivity index (χ2n) is 4.98. The summed E-state index contributed by atoms with van der Waals surface area (Å²) in [7, 11) is 0. The van der Waals surface area contributed by atoms with E-state index in [2.05, 4.69) is 30.4 Å². The van der Waals surface area contributed by atoms with Gasteiger partial charge >= 0.3 is 0 Å². The van der Waals surface area contributed by atoms with Crippen LogP contribution >= 0.6 is 15.9 Å². The molecule has 0 saturated heterocycles. The van der Waals surface area contributed by atoms with E-state index in [9.17, 15) is 5.11 Å². The molecule has 0 unspecified atom stereocenters. The second kappa shape index (κ2) is 4.98. The fourth-order valence-corrected chi connectivity index (χ4v) is 3.14. The van der Waals surface area contributed by atoms with Crippen molar-refractivity contribution in [2.45, 2.75) is 26.6 Å². The first-order valence-corrected chi connectivity index (χ1v) is 7.13. The van der Waals surface area contributed by atoms with E-state index in [0.717, 1.165) is 47.6 Å². The Kier molecular flexibility index (Phi) is 3.33. The van der Waals surface area contributed by atoms with Crippen molar-refractivity contribution in [1.29, 1.82) is 0 Å². The number of benzene rings is 1. The number of aryl methyl sites for hydroxylation is 1. The number of aromatic nitrogens is 2. The summed E-state index contributed by atoms with van der Waals surface area (Å²) < 4.78 is 3.19. The van der Waals surface area contributed by atoms with Crippen LogP contribution in [0.5, 0.6) is 5.75 Å². The molecule has 0 radical (unpaired) electrons. The van der Waals surface area contributed by atoms with Crippen molar-refractivity contribution in [3.8, 4) is 5.75 Å². The molecule has 1 aromatic heterocycles. The summed E-state index contributed by atoms with van der Waals surface area (Å²) in [6.07, 6.45) is 3.87. The highest BCUT2D eigenvalue weighted by molar-refractivity contribution is 9.10. The summed E-state index contributed by atoms with van der Waals surface area (Å²) in [4.78, 5) is 6.66. The summed E-state index contributed by atoms with van der Waals surface area (Å²) in [5.74, 6) is 1.49. The van der Waals surface area contributed by atoms with Gasteiger partial charge in [0.1, 0.15) is 11.6 Å². The third kappa shape index (κ3) is 2.53. The number of imidazole rings is 1. The maximum absolute atomic E-state index is 10.1. The fourth-order valence-electron chi connectivity index (χ4n) is 2.52. The fraction of sp³-hybridized carbons (Fsp3) is 0.357. The molecule has 2 heterocycles. The van der Waals surface area contributed by atoms with Gasteiger partial charge in [-0.25, -0.2) is 4.98 Å². The summed E-state index contributed by atoms with van der Waals surface area (Å²) >= 11 is 3.49. The standard InChI is InChI=1S/C14H16BrN3O/c1-10-6-12(15)7-11(14(10)19)8-17-4-5-18-3-2-16-13(18)9-17/h2-3,6-7,19H,4-5,8-9H2,1H3. The zero-order valence-corrected chi connectivity index (χ0v) is 12.4. The average Bonchev–Trinajstić information content (AvgIpc) is 2.82. The van der Waals surface area contributed by atoms with Crippen molar-refractivity contribution < 1.29 is 5.11 Å². The predicted molar refractivity (Wildman–Crippen MR) is 76.9 cm³/mol. The lowest BCUT2D eigenvalue weighted by Crippen LogP contribution is -2.33. The molecule has 0 fully saturated rings. The number of hydrogen-bond acceptors (Lipinski definition) is 3. The first-order valence-electron chi connectivity index (χ1n) is 6.34. The van der Waals surface area contributed by atoms with Crippen molar-refractivity contribution in [3.63, 3.8) is 0 Å². The van der Waals surface area contributed by atoms with Crippen LogP contribution in [0, 0.1) is 6.92 Å². The van der Waals surface area contributed by atoms with Gasteiger partial charge < -0.3 is 9.67 Å². The Bertz CT molecular complexity index is 609. The largest absolute Gasteiger partial charge is 0.507 e. The minimum Gasteiger partial charge on any atom is -0.507 e. The molecule has 0 saturated carbocycles. The summed E-state index contributed by atoms with van der Waals surface area (Å²) in [5.41, 5.74) is 1.87. The Hall–Kier alpha value is -1.33. The van der Waals surface area contributed by atoms with E-state index in [1.165, 1.54) is 0 Å². The van der Waals surface area contributed by atoms with Gasteiger partial charge in [-0.2, -0.15) is 0 Å². The molecule has 0 bridgehead atoms. The van der Waals surface area contributed by atoms with Gasteiger partial charge in [-0.1, -0.05) is 15.9 Å². The van der Waals surface area contributed by atoms with Crippen LogP contribution in [0.2, 0.25) is 0 Å². The van der Waals surface area contributed by atoms with Gasteiger partial charge in [0, 0.05) is 42.1 Å². The summed E-state index contributed by atoms with van der Waals surface area (Å²) in [6.45, 7) is 5.45. The molecule has 1 aliphatic heterocycles. The number of rotatable bonds is 2. The highest BCUT2D eigenvalue weighted by atomic mass is 79.9. The normalized spacial score (nSPS) is 15.5. The van der Waals surface area contributed by atoms with Crippen molar-refractivity contribution in [3.05, 3.63) is 46.0 Å². The number of phenolic OH excluding ortho intramolecular Hbond substituents is 1. The zero-order valence-electron chi connectivity index (χ0n) is 10.8. The summed E-state index contributed by atoms with van der Waals surface area (Å²) in [5, 5.41) is 10.1. The number of nitrogens with zero attached hydrogens (tertiary/aromatic N) is 3. The van der Waals surface area contributed by atoms with Crippen LogP contribution in [0.25, 0.3) is 0 Å². The number of phenols is 1. The van der Waals surface area contributed by atoms with Gasteiger partial charge in [0.05, 0.1) is 6.54 Å². The average molecular weight is 322 g/mol. The van der Waals surface area contributed by atoms with Gasteiger partial charge in [-0.05, 0) is 24.6 Å². The molecular weight excluding hydrogens is 306 g/mol. The van der Waals surface area contributed by atoms with Gasteiger partial charge in [-0.3, -0.25) is 4.90 Å². The van der Waals surface area contributed by atoms with Crippen LogP contribution in [-0.2, 0) is 19.6 Å². The third-order valence-corrected chi connectivity index (χ3v) is 4.02. The lowest BCUT2D eigenvalue weighted by Gasteiger charge is -2.28. The number of aromatic hydroxyl groups is 1. The molecule has 3 rings (SSSR count). The number of fused-ring (bicyclic) bond motifs is 1. The molecule has 1 aliphatic rings. The zero-order chi connectivity index (χ0) is 13.4. The number of halogens is 1. The molecule has 1 N–H and O–H groups in total. The van der Waals surface area contributed by atoms with E-state index in [1.54, 1.807) is 0 Å². The Labute approximate surface area is 120 Å². The van der Waals surface area contributed by atoms with Crippen LogP contribution in [-0.4, -0.2) is 26.1 Å². The minimum absolute atomic E-state index is 0.400. The first kappa shape index (κ1) is 12.7. The topological polar surface area (TPSA) is 41.3 Å². The summed E-state index contributed by atoms with van der Waals surface area (Å²) in [6, 6.07) is 3.92. The van der Waals surface area contributed by atoms with Gasteiger partial charge in [-0.15, -0.1) is 0 Å². The van der Waals surface area contributed by atoms with Crippen molar-refractivity contribution in [2.75, 3.05) is 6.54 Å². The molecule has 4 nitrogen and oxygen atoms in total. The van der Waals surface area contributed by atoms with Crippen molar-refractivity contribution in [2.24, 2.45) is 0 Å². The maximum Gasteiger partial charge on any atom is 0.123 e. The molecule has 0 atom stereocenters. The molecule has 0 amide bonds. The highest BCUT2D eigenvalue weighted by Gasteiger charge is 2.18. The predicted octanol–water partition coefficient (Wildman–Crippen LogP) is 2.68. The monoisotopic (exact) mass is 321 g/mol.